The minimum atomic E-state index is -0.251. The van der Waals surface area contributed by atoms with E-state index in [1.807, 2.05) is 56.6 Å². The Morgan fingerprint density at radius 3 is 2.58 bits per heavy atom. The fraction of sp³-hybridized carbons (Fsp3) is 0.375. The molecular formula is C24H30N4O3. The van der Waals surface area contributed by atoms with Crippen LogP contribution in [0.3, 0.4) is 0 Å². The lowest BCUT2D eigenvalue weighted by atomic mass is 9.90. The molecule has 0 aliphatic carbocycles. The van der Waals surface area contributed by atoms with Crippen LogP contribution in [-0.4, -0.2) is 54.7 Å². The lowest BCUT2D eigenvalue weighted by Crippen LogP contribution is -2.41. The lowest BCUT2D eigenvalue weighted by molar-refractivity contribution is -0.133. The van der Waals surface area contributed by atoms with Crippen LogP contribution in [0.2, 0.25) is 0 Å². The Labute approximate surface area is 183 Å². The van der Waals surface area contributed by atoms with E-state index in [1.54, 1.807) is 16.7 Å². The van der Waals surface area contributed by atoms with Crippen molar-refractivity contribution in [3.05, 3.63) is 65.2 Å². The second-order valence-electron chi connectivity index (χ2n) is 8.14. The molecule has 2 N–H and O–H groups in total. The molecule has 0 fully saturated rings. The molecule has 0 saturated heterocycles. The van der Waals surface area contributed by atoms with Crippen LogP contribution >= 0.6 is 0 Å². The number of fused-ring (bicyclic) bond motifs is 1. The molecule has 2 aromatic carbocycles. The normalized spacial score (nSPS) is 15.4. The topological polar surface area (TPSA) is 81.8 Å². The molecule has 7 heteroatoms. The molecule has 0 aromatic heterocycles. The van der Waals surface area contributed by atoms with Crippen LogP contribution in [-0.2, 0) is 27.3 Å². The fourth-order valence-electron chi connectivity index (χ4n) is 3.94. The zero-order chi connectivity index (χ0) is 22.4. The number of nitrogens with zero attached hydrogens (tertiary/aromatic N) is 2. The van der Waals surface area contributed by atoms with Crippen LogP contribution in [0.15, 0.2) is 48.5 Å². The van der Waals surface area contributed by atoms with E-state index in [0.717, 1.165) is 17.5 Å². The van der Waals surface area contributed by atoms with Gasteiger partial charge < -0.3 is 20.4 Å². The first-order chi connectivity index (χ1) is 14.8. The number of rotatable bonds is 7. The molecule has 0 saturated carbocycles. The van der Waals surface area contributed by atoms with Gasteiger partial charge in [0.05, 0.1) is 19.0 Å². The summed E-state index contributed by atoms with van der Waals surface area (Å²) < 4.78 is 0. The summed E-state index contributed by atoms with van der Waals surface area (Å²) in [6.07, 6.45) is 1.02. The van der Waals surface area contributed by atoms with Gasteiger partial charge in [-0.3, -0.25) is 14.4 Å². The smallest absolute Gasteiger partial charge is 0.238 e. The average Bonchev–Trinajstić information content (AvgIpc) is 2.72. The third kappa shape index (κ3) is 6.15. The highest BCUT2D eigenvalue weighted by molar-refractivity contribution is 5.92. The molecule has 164 valence electrons. The molecule has 1 heterocycles. The minimum absolute atomic E-state index is 0.0199. The van der Waals surface area contributed by atoms with Crippen LogP contribution in [0.1, 0.15) is 36.1 Å². The number of benzene rings is 2. The zero-order valence-electron chi connectivity index (χ0n) is 18.4. The number of carbonyl (C=O) groups excluding carboxylic acids is 3. The van der Waals surface area contributed by atoms with Crippen molar-refractivity contribution >= 4 is 23.4 Å². The van der Waals surface area contributed by atoms with Crippen LogP contribution in [0.4, 0.5) is 5.69 Å². The monoisotopic (exact) mass is 422 g/mol. The quantitative estimate of drug-likeness (QED) is 0.718. The first kappa shape index (κ1) is 22.5. The van der Waals surface area contributed by atoms with E-state index in [-0.39, 0.29) is 30.2 Å². The van der Waals surface area contributed by atoms with Gasteiger partial charge in [0.25, 0.3) is 0 Å². The summed E-state index contributed by atoms with van der Waals surface area (Å²) in [6, 6.07) is 15.2. The Kier molecular flexibility index (Phi) is 7.41. The molecule has 1 unspecified atom stereocenters. The molecular weight excluding hydrogens is 392 g/mol. The molecule has 7 nitrogen and oxygen atoms in total. The fourth-order valence-corrected chi connectivity index (χ4v) is 3.94. The van der Waals surface area contributed by atoms with Gasteiger partial charge >= 0.3 is 0 Å². The molecule has 3 amide bonds. The van der Waals surface area contributed by atoms with Gasteiger partial charge in [0.15, 0.2) is 0 Å². The van der Waals surface area contributed by atoms with E-state index >= 15 is 0 Å². The maximum Gasteiger partial charge on any atom is 0.238 e. The first-order valence-corrected chi connectivity index (χ1v) is 10.5. The Bertz CT molecular complexity index is 957. The van der Waals surface area contributed by atoms with Gasteiger partial charge in [0.2, 0.25) is 17.7 Å². The average molecular weight is 423 g/mol. The van der Waals surface area contributed by atoms with Gasteiger partial charge in [0, 0.05) is 25.7 Å². The zero-order valence-corrected chi connectivity index (χ0v) is 18.4. The number of hydrogen-bond donors (Lipinski definition) is 2. The maximum atomic E-state index is 12.7. The number of amides is 3. The molecule has 3 rings (SSSR count). The molecule has 0 spiro atoms. The lowest BCUT2D eigenvalue weighted by Gasteiger charge is -2.36. The standard InChI is InChI=1S/C24H30N4O3/c1-17(29)28-12-11-19-8-4-5-10-21(19)22(28)14-23(30)25-15-18-7-6-9-20(13-18)26-24(31)16-27(2)3/h4-10,13,22H,11-12,14-16H2,1-3H3,(H,25,30)(H,26,31). The largest absolute Gasteiger partial charge is 0.352 e. The van der Waals surface area contributed by atoms with Crippen LogP contribution < -0.4 is 10.6 Å². The molecule has 1 aliphatic rings. The summed E-state index contributed by atoms with van der Waals surface area (Å²) >= 11 is 0. The van der Waals surface area contributed by atoms with Crippen molar-refractivity contribution in [1.29, 1.82) is 0 Å². The van der Waals surface area contributed by atoms with Crippen molar-refractivity contribution in [2.45, 2.75) is 32.4 Å². The summed E-state index contributed by atoms with van der Waals surface area (Å²) in [5.41, 5.74) is 3.83. The Balaban J connectivity index is 1.61. The molecule has 2 aromatic rings. The number of anilines is 1. The summed E-state index contributed by atoms with van der Waals surface area (Å²) in [6.45, 7) is 2.83. The molecule has 1 atom stereocenters. The summed E-state index contributed by atoms with van der Waals surface area (Å²) in [5.74, 6) is -0.227. The molecule has 1 aliphatic heterocycles. The van der Waals surface area contributed by atoms with E-state index in [9.17, 15) is 14.4 Å². The van der Waals surface area contributed by atoms with Gasteiger partial charge in [-0.25, -0.2) is 0 Å². The van der Waals surface area contributed by atoms with Crippen LogP contribution in [0.5, 0.6) is 0 Å². The predicted octanol–water partition coefficient (Wildman–Crippen LogP) is 2.34. The van der Waals surface area contributed by atoms with Crippen LogP contribution in [0, 0.1) is 0 Å². The number of likely N-dealkylation sites (N-methyl/N-ethyl adjacent to an activating group) is 1. The number of hydrogen-bond acceptors (Lipinski definition) is 4. The van der Waals surface area contributed by atoms with E-state index in [4.69, 9.17) is 0 Å². The molecule has 0 bridgehead atoms. The Hall–Kier alpha value is -3.19. The Morgan fingerprint density at radius 1 is 1.06 bits per heavy atom. The van der Waals surface area contributed by atoms with Gasteiger partial charge in [-0.15, -0.1) is 0 Å². The van der Waals surface area contributed by atoms with Crippen molar-refractivity contribution in [1.82, 2.24) is 15.1 Å². The van der Waals surface area contributed by atoms with Crippen molar-refractivity contribution in [3.63, 3.8) is 0 Å². The van der Waals surface area contributed by atoms with Crippen molar-refractivity contribution in [3.8, 4) is 0 Å². The van der Waals surface area contributed by atoms with Crippen molar-refractivity contribution < 1.29 is 14.4 Å². The predicted molar refractivity (Wildman–Crippen MR) is 120 cm³/mol. The Morgan fingerprint density at radius 2 is 1.84 bits per heavy atom. The summed E-state index contributed by atoms with van der Waals surface area (Å²) in [4.78, 5) is 40.4. The van der Waals surface area contributed by atoms with Crippen molar-refractivity contribution in [2.75, 3.05) is 32.5 Å². The third-order valence-corrected chi connectivity index (χ3v) is 5.36. The summed E-state index contributed by atoms with van der Waals surface area (Å²) in [5, 5.41) is 5.81. The number of carbonyl (C=O) groups is 3. The molecule has 31 heavy (non-hydrogen) atoms. The van der Waals surface area contributed by atoms with Gasteiger partial charge in [-0.05, 0) is 49.3 Å². The number of nitrogens with one attached hydrogen (secondary N) is 2. The SMILES string of the molecule is CC(=O)N1CCc2ccccc2C1CC(=O)NCc1cccc(NC(=O)CN(C)C)c1. The van der Waals surface area contributed by atoms with Crippen molar-refractivity contribution in [2.24, 2.45) is 0 Å². The highest BCUT2D eigenvalue weighted by atomic mass is 16.2. The van der Waals surface area contributed by atoms with Gasteiger partial charge in [0.1, 0.15) is 0 Å². The van der Waals surface area contributed by atoms with E-state index in [2.05, 4.69) is 16.7 Å². The van der Waals surface area contributed by atoms with E-state index in [0.29, 0.717) is 25.3 Å². The highest BCUT2D eigenvalue weighted by Crippen LogP contribution is 2.32. The van der Waals surface area contributed by atoms with E-state index in [1.165, 1.54) is 5.56 Å². The summed E-state index contributed by atoms with van der Waals surface area (Å²) in [7, 11) is 3.67. The molecule has 0 radical (unpaired) electrons. The minimum Gasteiger partial charge on any atom is -0.352 e. The maximum absolute atomic E-state index is 12.7. The van der Waals surface area contributed by atoms with Gasteiger partial charge in [-0.1, -0.05) is 36.4 Å². The van der Waals surface area contributed by atoms with Crippen LogP contribution in [0.25, 0.3) is 0 Å². The second kappa shape index (κ2) is 10.2. The van der Waals surface area contributed by atoms with Gasteiger partial charge in [-0.2, -0.15) is 0 Å². The van der Waals surface area contributed by atoms with E-state index < -0.39 is 0 Å². The first-order valence-electron chi connectivity index (χ1n) is 10.5. The second-order valence-corrected chi connectivity index (χ2v) is 8.14. The third-order valence-electron chi connectivity index (χ3n) is 5.36. The highest BCUT2D eigenvalue weighted by Gasteiger charge is 2.30.